The van der Waals surface area contributed by atoms with Gasteiger partial charge in [-0.2, -0.15) is 26.3 Å². The number of ether oxygens (including phenoxy) is 1. The smallest absolute Gasteiger partial charge is 0.417 e. The number of benzene rings is 5. The fourth-order valence-corrected chi connectivity index (χ4v) is 7.49. The minimum atomic E-state index is -4.94. The number of halogens is 8. The van der Waals surface area contributed by atoms with Gasteiger partial charge in [0.2, 0.25) is 0 Å². The summed E-state index contributed by atoms with van der Waals surface area (Å²) in [7, 11) is 1.35. The lowest BCUT2D eigenvalue weighted by atomic mass is 9.90. The van der Waals surface area contributed by atoms with Crippen LogP contribution >= 0.6 is 0 Å². The number of hydrogen-bond donors (Lipinski definition) is 2. The first-order valence-corrected chi connectivity index (χ1v) is 17.7. The third-order valence-corrected chi connectivity index (χ3v) is 10.2. The Balaban J connectivity index is 1.19. The van der Waals surface area contributed by atoms with Gasteiger partial charge >= 0.3 is 18.3 Å². The third-order valence-electron chi connectivity index (χ3n) is 10.2. The number of aromatic nitrogens is 1. The van der Waals surface area contributed by atoms with Crippen LogP contribution in [0.2, 0.25) is 0 Å². The van der Waals surface area contributed by atoms with E-state index in [1.165, 1.54) is 84.7 Å². The zero-order chi connectivity index (χ0) is 41.7. The number of aryl methyl sites for hydroxylation is 1. The van der Waals surface area contributed by atoms with Crippen LogP contribution in [0.1, 0.15) is 38.7 Å². The van der Waals surface area contributed by atoms with Gasteiger partial charge in [-0.05, 0) is 57.8 Å². The predicted octanol–water partition coefficient (Wildman–Crippen LogP) is 8.68. The van der Waals surface area contributed by atoms with Crippen LogP contribution < -0.4 is 15.8 Å². The Morgan fingerprint density at radius 2 is 1.48 bits per heavy atom. The summed E-state index contributed by atoms with van der Waals surface area (Å²) in [5, 5.41) is 12.5. The molecule has 1 saturated heterocycles. The van der Waals surface area contributed by atoms with Gasteiger partial charge in [0.05, 0.1) is 41.5 Å². The molecule has 2 heterocycles. The largest absolute Gasteiger partial charge is 0.480 e. The first-order chi connectivity index (χ1) is 27.5. The van der Waals surface area contributed by atoms with Crippen molar-refractivity contribution in [2.24, 2.45) is 7.05 Å². The van der Waals surface area contributed by atoms with E-state index in [2.05, 4.69) is 5.32 Å². The van der Waals surface area contributed by atoms with Gasteiger partial charge in [-0.1, -0.05) is 66.7 Å². The Hall–Kier alpha value is -6.29. The van der Waals surface area contributed by atoms with Crippen molar-refractivity contribution < 1.29 is 54.6 Å². The number of aliphatic carboxylic acids is 1. The maximum atomic E-state index is 15.7. The highest BCUT2D eigenvalue weighted by atomic mass is 19.4. The monoisotopic (exact) mass is 809 g/mol. The maximum Gasteiger partial charge on any atom is 0.417 e. The zero-order valence-corrected chi connectivity index (χ0v) is 30.2. The first-order valence-electron chi connectivity index (χ1n) is 17.7. The number of carboxylic acid groups (broad SMARTS) is 1. The lowest BCUT2D eigenvalue weighted by molar-refractivity contribution is -0.139. The van der Waals surface area contributed by atoms with E-state index in [9.17, 15) is 45.8 Å². The van der Waals surface area contributed by atoms with Crippen LogP contribution in [-0.2, 0) is 35.4 Å². The zero-order valence-electron chi connectivity index (χ0n) is 30.2. The number of carbonyl (C=O) groups is 2. The average molecular weight is 810 g/mol. The summed E-state index contributed by atoms with van der Waals surface area (Å²) in [6.45, 7) is 0.201. The molecule has 1 aliphatic rings. The molecule has 0 aliphatic carbocycles. The van der Waals surface area contributed by atoms with Crippen LogP contribution in [-0.4, -0.2) is 47.4 Å². The summed E-state index contributed by atoms with van der Waals surface area (Å²) in [6.07, 6.45) is -10.0. The topological polar surface area (TPSA) is 101 Å². The minimum Gasteiger partial charge on any atom is -0.480 e. The number of carboxylic acids is 1. The van der Waals surface area contributed by atoms with Gasteiger partial charge < -0.3 is 24.6 Å². The van der Waals surface area contributed by atoms with Crippen molar-refractivity contribution in [3.8, 4) is 11.1 Å². The van der Waals surface area contributed by atoms with Crippen molar-refractivity contribution in [1.82, 2.24) is 9.88 Å². The summed E-state index contributed by atoms with van der Waals surface area (Å²) in [6, 6.07) is 17.7. The molecule has 1 aliphatic heterocycles. The summed E-state index contributed by atoms with van der Waals surface area (Å²) in [5.41, 5.74) is -4.10. The summed E-state index contributed by atoms with van der Waals surface area (Å²) >= 11 is 0. The molecule has 300 valence electrons. The quantitative estimate of drug-likeness (QED) is 0.149. The molecule has 0 radical (unpaired) electrons. The van der Waals surface area contributed by atoms with Gasteiger partial charge in [-0.25, -0.2) is 13.6 Å². The van der Waals surface area contributed by atoms with Gasteiger partial charge in [0.15, 0.2) is 0 Å². The third kappa shape index (κ3) is 7.46. The number of hydrogen-bond acceptors (Lipinski definition) is 5. The maximum absolute atomic E-state index is 15.7. The molecule has 1 aromatic heterocycles. The number of nitrogens with one attached hydrogen (secondary N) is 1. The number of morpholine rings is 1. The van der Waals surface area contributed by atoms with Crippen molar-refractivity contribution >= 4 is 39.2 Å². The Bertz CT molecular complexity index is 2620. The molecule has 0 bridgehead atoms. The lowest BCUT2D eigenvalue weighted by Gasteiger charge is -2.38. The average Bonchev–Trinajstić information content (AvgIpc) is 3.17. The first kappa shape index (κ1) is 39.9. The highest BCUT2D eigenvalue weighted by Crippen LogP contribution is 2.42. The Morgan fingerprint density at radius 1 is 0.845 bits per heavy atom. The second-order valence-electron chi connectivity index (χ2n) is 13.7. The molecule has 58 heavy (non-hydrogen) atoms. The van der Waals surface area contributed by atoms with E-state index in [1.54, 1.807) is 0 Å². The number of anilines is 1. The second-order valence-corrected chi connectivity index (χ2v) is 13.7. The Morgan fingerprint density at radius 3 is 2.14 bits per heavy atom. The van der Waals surface area contributed by atoms with Crippen LogP contribution in [0.5, 0.6) is 0 Å². The van der Waals surface area contributed by atoms with Crippen molar-refractivity contribution in [3.05, 3.63) is 147 Å². The number of para-hydroxylation sites is 1. The van der Waals surface area contributed by atoms with Crippen molar-refractivity contribution in [2.75, 3.05) is 24.7 Å². The van der Waals surface area contributed by atoms with Gasteiger partial charge in [-0.3, -0.25) is 9.59 Å². The van der Waals surface area contributed by atoms with E-state index in [4.69, 9.17) is 4.74 Å². The molecule has 5 aromatic carbocycles. The molecule has 2 N–H and O–H groups in total. The number of fused-ring (bicyclic) bond motifs is 2. The van der Waals surface area contributed by atoms with E-state index >= 15 is 8.78 Å². The molecule has 0 spiro atoms. The van der Waals surface area contributed by atoms with Crippen LogP contribution in [0.25, 0.3) is 32.8 Å². The predicted molar refractivity (Wildman–Crippen MR) is 198 cm³/mol. The fourth-order valence-electron chi connectivity index (χ4n) is 7.49. The second kappa shape index (κ2) is 15.2. The molecule has 2 atom stereocenters. The summed E-state index contributed by atoms with van der Waals surface area (Å²) in [4.78, 5) is 41.0. The summed E-state index contributed by atoms with van der Waals surface area (Å²) in [5.74, 6) is -5.69. The number of alkyl halides is 6. The van der Waals surface area contributed by atoms with E-state index in [-0.39, 0.29) is 58.2 Å². The van der Waals surface area contributed by atoms with Crippen molar-refractivity contribution in [1.29, 1.82) is 0 Å². The molecule has 16 heteroatoms. The normalized spacial score (nSPS) is 15.5. The highest BCUT2D eigenvalue weighted by molar-refractivity contribution is 6.02. The Labute approximate surface area is 323 Å². The van der Waals surface area contributed by atoms with Gasteiger partial charge in [-0.15, -0.1) is 0 Å². The van der Waals surface area contributed by atoms with Gasteiger partial charge in [0, 0.05) is 31.1 Å². The number of amides is 1. The molecule has 1 amide bonds. The molecular formula is C42H31F8N3O5. The van der Waals surface area contributed by atoms with Gasteiger partial charge in [0.25, 0.3) is 11.5 Å². The van der Waals surface area contributed by atoms with E-state index in [0.29, 0.717) is 5.56 Å². The number of rotatable bonds is 8. The van der Waals surface area contributed by atoms with Crippen LogP contribution in [0.3, 0.4) is 0 Å². The summed E-state index contributed by atoms with van der Waals surface area (Å²) < 4.78 is 122. The highest BCUT2D eigenvalue weighted by Gasteiger charge is 2.39. The molecule has 7 rings (SSSR count). The van der Waals surface area contributed by atoms with Crippen molar-refractivity contribution in [2.45, 2.75) is 30.9 Å². The lowest BCUT2D eigenvalue weighted by Crippen LogP contribution is -2.43. The fraction of sp³-hybridized carbons (Fsp3) is 0.214. The van der Waals surface area contributed by atoms with E-state index in [1.807, 2.05) is 0 Å². The number of nitrogens with zero attached hydrogens (tertiary/aromatic N) is 2. The van der Waals surface area contributed by atoms with Crippen molar-refractivity contribution in [3.63, 3.8) is 0 Å². The molecule has 0 saturated carbocycles. The van der Waals surface area contributed by atoms with Crippen LogP contribution in [0.15, 0.2) is 102 Å². The number of carbonyl (C=O) groups excluding carboxylic acids is 1. The van der Waals surface area contributed by atoms with E-state index in [0.717, 1.165) is 28.8 Å². The van der Waals surface area contributed by atoms with E-state index < -0.39 is 82.2 Å². The van der Waals surface area contributed by atoms with Crippen LogP contribution in [0, 0.1) is 11.6 Å². The Kier molecular flexibility index (Phi) is 10.5. The molecule has 6 aromatic rings. The standard InChI is InChI=1S/C42H31F8N3O5/c1-52-33-11-3-2-7-29(33)37(42(48,49)50)35(39(52)55)28-10-5-8-26-23(6-4-9-27(26)28)18-32(40(56)57)51-38(54)36-30(43)19-25(20-31(36)44)53-16-17-58-21-34(53)22-12-14-24(15-13-22)41(45,46)47/h2-15,19-20,32,34H,16-18,21H2,1H3,(H,51,54)(H,56,57)/t32-,34?/m0/s1. The molecule has 8 nitrogen and oxygen atoms in total. The minimum absolute atomic E-state index is 0.0187. The van der Waals surface area contributed by atoms with Crippen LogP contribution in [0.4, 0.5) is 40.8 Å². The molecule has 1 unspecified atom stereocenters. The molecular weight excluding hydrogens is 778 g/mol. The van der Waals surface area contributed by atoms with Gasteiger partial charge in [0.1, 0.15) is 23.2 Å². The molecule has 1 fully saturated rings. The SMILES string of the molecule is Cn1c(=O)c(-c2cccc3c(C[C@H](NC(=O)c4c(F)cc(N5CCOCC5c5ccc(C(F)(F)F)cc5)cc4F)C(=O)O)cccc23)c(C(F)(F)F)c2ccccc21. The number of pyridine rings is 1.